The molecule has 2 rings (SSSR count). The lowest BCUT2D eigenvalue weighted by Gasteiger charge is -2.19. The molecule has 0 amide bonds. The van der Waals surface area contributed by atoms with Crippen molar-refractivity contribution in [3.63, 3.8) is 0 Å². The molecule has 0 unspecified atom stereocenters. The smallest absolute Gasteiger partial charge is 0.150 e. The number of hydrogen-bond donors (Lipinski definition) is 1. The standard InChI is InChI=1S/C13H23N3/c1-2-3-9-12-14-13(16-15-12)10-11-7-5-4-6-8-11/h11H,2-10H2,1H3,(H,14,15,16). The fourth-order valence-corrected chi connectivity index (χ4v) is 2.54. The Bertz CT molecular complexity index is 300. The van der Waals surface area contributed by atoms with Gasteiger partial charge in [-0.05, 0) is 12.3 Å². The lowest BCUT2D eigenvalue weighted by Crippen LogP contribution is -2.10. The summed E-state index contributed by atoms with van der Waals surface area (Å²) in [7, 11) is 0. The molecule has 0 radical (unpaired) electrons. The van der Waals surface area contributed by atoms with Crippen LogP contribution in [0.1, 0.15) is 63.5 Å². The topological polar surface area (TPSA) is 41.6 Å². The number of nitrogens with zero attached hydrogens (tertiary/aromatic N) is 2. The van der Waals surface area contributed by atoms with E-state index in [-0.39, 0.29) is 0 Å². The minimum absolute atomic E-state index is 0.848. The van der Waals surface area contributed by atoms with Crippen LogP contribution in [-0.4, -0.2) is 15.2 Å². The summed E-state index contributed by atoms with van der Waals surface area (Å²) < 4.78 is 0. The number of aromatic amines is 1. The molecule has 1 aliphatic rings. The average molecular weight is 221 g/mol. The van der Waals surface area contributed by atoms with E-state index in [1.807, 2.05) is 0 Å². The summed E-state index contributed by atoms with van der Waals surface area (Å²) in [5.74, 6) is 2.96. The Morgan fingerprint density at radius 1 is 1.25 bits per heavy atom. The normalized spacial score (nSPS) is 17.8. The van der Waals surface area contributed by atoms with Crippen LogP contribution in [-0.2, 0) is 12.8 Å². The Hall–Kier alpha value is -0.860. The molecule has 3 heteroatoms. The molecule has 1 fully saturated rings. The fraction of sp³-hybridized carbons (Fsp3) is 0.846. The van der Waals surface area contributed by atoms with Crippen LogP contribution >= 0.6 is 0 Å². The van der Waals surface area contributed by atoms with Crippen molar-refractivity contribution in [1.82, 2.24) is 15.2 Å². The first-order chi connectivity index (χ1) is 7.88. The van der Waals surface area contributed by atoms with E-state index >= 15 is 0 Å². The highest BCUT2D eigenvalue weighted by atomic mass is 15.2. The van der Waals surface area contributed by atoms with Gasteiger partial charge >= 0.3 is 0 Å². The van der Waals surface area contributed by atoms with E-state index in [1.54, 1.807) is 0 Å². The molecule has 0 atom stereocenters. The monoisotopic (exact) mass is 221 g/mol. The number of aromatic nitrogens is 3. The molecule has 3 nitrogen and oxygen atoms in total. The zero-order valence-corrected chi connectivity index (χ0v) is 10.3. The Balaban J connectivity index is 1.81. The molecular weight excluding hydrogens is 198 g/mol. The fourth-order valence-electron chi connectivity index (χ4n) is 2.54. The van der Waals surface area contributed by atoms with Gasteiger partial charge in [0, 0.05) is 12.8 Å². The van der Waals surface area contributed by atoms with Gasteiger partial charge in [-0.1, -0.05) is 45.4 Å². The Morgan fingerprint density at radius 3 is 2.81 bits per heavy atom. The van der Waals surface area contributed by atoms with Crippen LogP contribution in [0.15, 0.2) is 0 Å². The molecule has 0 bridgehead atoms. The second kappa shape index (κ2) is 6.02. The summed E-state index contributed by atoms with van der Waals surface area (Å²) in [4.78, 5) is 4.58. The Labute approximate surface area is 98.1 Å². The zero-order valence-electron chi connectivity index (χ0n) is 10.3. The maximum Gasteiger partial charge on any atom is 0.150 e. The van der Waals surface area contributed by atoms with Gasteiger partial charge in [0.1, 0.15) is 5.82 Å². The number of aryl methyl sites for hydroxylation is 1. The molecule has 0 aromatic carbocycles. The second-order valence-corrected chi connectivity index (χ2v) is 5.01. The summed E-state index contributed by atoms with van der Waals surface area (Å²) >= 11 is 0. The maximum atomic E-state index is 4.58. The first-order valence-electron chi connectivity index (χ1n) is 6.78. The highest BCUT2D eigenvalue weighted by Gasteiger charge is 2.15. The Morgan fingerprint density at radius 2 is 2.06 bits per heavy atom. The predicted molar refractivity (Wildman–Crippen MR) is 65.3 cm³/mol. The third-order valence-electron chi connectivity index (χ3n) is 3.54. The summed E-state index contributed by atoms with van der Waals surface area (Å²) in [5, 5.41) is 7.38. The Kier molecular flexibility index (Phi) is 4.37. The minimum atomic E-state index is 0.848. The molecule has 0 aliphatic heterocycles. The predicted octanol–water partition coefficient (Wildman–Crippen LogP) is 3.27. The average Bonchev–Trinajstić information content (AvgIpc) is 2.75. The van der Waals surface area contributed by atoms with Gasteiger partial charge in [0.2, 0.25) is 0 Å². The van der Waals surface area contributed by atoms with Crippen LogP contribution in [0.5, 0.6) is 0 Å². The van der Waals surface area contributed by atoms with Crippen molar-refractivity contribution in [3.8, 4) is 0 Å². The van der Waals surface area contributed by atoms with E-state index in [2.05, 4.69) is 22.1 Å². The van der Waals surface area contributed by atoms with Gasteiger partial charge in [-0.25, -0.2) is 4.98 Å². The molecule has 0 saturated heterocycles. The molecule has 0 spiro atoms. The first kappa shape index (κ1) is 11.6. The van der Waals surface area contributed by atoms with Crippen molar-refractivity contribution in [2.75, 3.05) is 0 Å². The third kappa shape index (κ3) is 3.32. The summed E-state index contributed by atoms with van der Waals surface area (Å²) in [6, 6.07) is 0. The van der Waals surface area contributed by atoms with Crippen molar-refractivity contribution in [1.29, 1.82) is 0 Å². The summed E-state index contributed by atoms with van der Waals surface area (Å²) in [6.45, 7) is 2.20. The number of H-pyrrole nitrogens is 1. The van der Waals surface area contributed by atoms with Gasteiger partial charge in [0.05, 0.1) is 0 Å². The highest BCUT2D eigenvalue weighted by molar-refractivity contribution is 4.92. The van der Waals surface area contributed by atoms with Crippen molar-refractivity contribution >= 4 is 0 Å². The van der Waals surface area contributed by atoms with Crippen LogP contribution in [0, 0.1) is 5.92 Å². The van der Waals surface area contributed by atoms with Crippen LogP contribution in [0.4, 0.5) is 0 Å². The second-order valence-electron chi connectivity index (χ2n) is 5.01. The van der Waals surface area contributed by atoms with Gasteiger partial charge in [-0.15, -0.1) is 0 Å². The maximum absolute atomic E-state index is 4.58. The molecule has 90 valence electrons. The lowest BCUT2D eigenvalue weighted by atomic mass is 9.87. The van der Waals surface area contributed by atoms with E-state index in [0.29, 0.717) is 0 Å². The SMILES string of the molecule is CCCCc1n[nH]c(CC2CCCCC2)n1. The molecule has 1 saturated carbocycles. The van der Waals surface area contributed by atoms with Crippen LogP contribution in [0.2, 0.25) is 0 Å². The highest BCUT2D eigenvalue weighted by Crippen LogP contribution is 2.25. The molecule has 1 aromatic heterocycles. The third-order valence-corrected chi connectivity index (χ3v) is 3.54. The quantitative estimate of drug-likeness (QED) is 0.829. The number of hydrogen-bond acceptors (Lipinski definition) is 2. The molecule has 1 heterocycles. The summed E-state index contributed by atoms with van der Waals surface area (Å²) in [6.07, 6.45) is 11.5. The van der Waals surface area contributed by atoms with E-state index in [0.717, 1.165) is 30.4 Å². The van der Waals surface area contributed by atoms with Gasteiger partial charge < -0.3 is 0 Å². The van der Waals surface area contributed by atoms with Gasteiger partial charge in [0.15, 0.2) is 5.82 Å². The van der Waals surface area contributed by atoms with Crippen molar-refractivity contribution in [3.05, 3.63) is 11.6 Å². The molecular formula is C13H23N3. The lowest BCUT2D eigenvalue weighted by molar-refractivity contribution is 0.352. The van der Waals surface area contributed by atoms with Gasteiger partial charge in [-0.3, -0.25) is 5.10 Å². The zero-order chi connectivity index (χ0) is 11.2. The van der Waals surface area contributed by atoms with Gasteiger partial charge in [0.25, 0.3) is 0 Å². The molecule has 1 aromatic rings. The summed E-state index contributed by atoms with van der Waals surface area (Å²) in [5.41, 5.74) is 0. The molecule has 1 aliphatic carbocycles. The van der Waals surface area contributed by atoms with E-state index in [9.17, 15) is 0 Å². The number of unbranched alkanes of at least 4 members (excludes halogenated alkanes) is 1. The van der Waals surface area contributed by atoms with Crippen molar-refractivity contribution in [2.24, 2.45) is 5.92 Å². The van der Waals surface area contributed by atoms with Crippen LogP contribution < -0.4 is 0 Å². The van der Waals surface area contributed by atoms with Crippen molar-refractivity contribution in [2.45, 2.75) is 64.7 Å². The van der Waals surface area contributed by atoms with E-state index in [4.69, 9.17) is 0 Å². The van der Waals surface area contributed by atoms with Crippen LogP contribution in [0.25, 0.3) is 0 Å². The molecule has 1 N–H and O–H groups in total. The number of nitrogens with one attached hydrogen (secondary N) is 1. The van der Waals surface area contributed by atoms with Gasteiger partial charge in [-0.2, -0.15) is 5.10 Å². The van der Waals surface area contributed by atoms with E-state index in [1.165, 1.54) is 44.9 Å². The largest absolute Gasteiger partial charge is 0.263 e. The first-order valence-corrected chi connectivity index (χ1v) is 6.78. The number of rotatable bonds is 5. The van der Waals surface area contributed by atoms with E-state index < -0.39 is 0 Å². The molecule has 16 heavy (non-hydrogen) atoms. The minimum Gasteiger partial charge on any atom is -0.263 e. The van der Waals surface area contributed by atoms with Crippen LogP contribution in [0.3, 0.4) is 0 Å². The van der Waals surface area contributed by atoms with Crippen molar-refractivity contribution < 1.29 is 0 Å².